The highest BCUT2D eigenvalue weighted by atomic mass is 16.5. The topological polar surface area (TPSA) is 105 Å². The number of nitrogens with one attached hydrogen (secondary N) is 2. The zero-order valence-corrected chi connectivity index (χ0v) is 18.5. The summed E-state index contributed by atoms with van der Waals surface area (Å²) in [4.78, 5) is 36.9. The van der Waals surface area contributed by atoms with Crippen molar-refractivity contribution in [3.8, 4) is 11.1 Å². The number of carboxylic acids is 1. The van der Waals surface area contributed by atoms with E-state index in [2.05, 4.69) is 22.8 Å². The van der Waals surface area contributed by atoms with E-state index in [1.165, 1.54) is 0 Å². The van der Waals surface area contributed by atoms with E-state index in [4.69, 9.17) is 4.74 Å². The van der Waals surface area contributed by atoms with E-state index in [0.717, 1.165) is 22.3 Å². The number of fused-ring (bicyclic) bond motifs is 3. The summed E-state index contributed by atoms with van der Waals surface area (Å²) in [5, 5.41) is 14.6. The molecule has 32 heavy (non-hydrogen) atoms. The number of carboxylic acid groups (broad SMARTS) is 1. The zero-order chi connectivity index (χ0) is 23.1. The van der Waals surface area contributed by atoms with Crippen LogP contribution in [0.4, 0.5) is 4.79 Å². The molecule has 2 aliphatic rings. The van der Waals surface area contributed by atoms with E-state index in [1.54, 1.807) is 20.8 Å². The van der Waals surface area contributed by atoms with Gasteiger partial charge in [0.05, 0.1) is 0 Å². The minimum Gasteiger partial charge on any atom is -0.480 e. The van der Waals surface area contributed by atoms with Gasteiger partial charge in [-0.25, -0.2) is 9.59 Å². The van der Waals surface area contributed by atoms with E-state index in [0.29, 0.717) is 12.8 Å². The summed E-state index contributed by atoms with van der Waals surface area (Å²) in [6.45, 7) is 5.56. The van der Waals surface area contributed by atoms with E-state index in [1.807, 2.05) is 36.4 Å². The van der Waals surface area contributed by atoms with Crippen molar-refractivity contribution in [2.45, 2.75) is 51.1 Å². The third-order valence-electron chi connectivity index (χ3n) is 6.26. The molecule has 2 aromatic carbocycles. The Kier molecular flexibility index (Phi) is 5.44. The number of hydrogen-bond acceptors (Lipinski definition) is 4. The van der Waals surface area contributed by atoms with Crippen molar-refractivity contribution in [2.75, 3.05) is 6.61 Å². The Morgan fingerprint density at radius 3 is 2.03 bits per heavy atom. The number of aliphatic carboxylic acids is 1. The minimum atomic E-state index is -1.22. The quantitative estimate of drug-likeness (QED) is 0.641. The van der Waals surface area contributed by atoms with Crippen LogP contribution < -0.4 is 10.6 Å². The van der Waals surface area contributed by atoms with E-state index in [9.17, 15) is 19.5 Å². The van der Waals surface area contributed by atoms with Crippen LogP contribution in [0.2, 0.25) is 0 Å². The lowest BCUT2D eigenvalue weighted by molar-refractivity contribution is -0.143. The highest BCUT2D eigenvalue weighted by molar-refractivity contribution is 5.93. The highest BCUT2D eigenvalue weighted by Crippen LogP contribution is 2.44. The largest absolute Gasteiger partial charge is 0.480 e. The van der Waals surface area contributed by atoms with Crippen LogP contribution >= 0.6 is 0 Å². The lowest BCUT2D eigenvalue weighted by Crippen LogP contribution is -2.57. The lowest BCUT2D eigenvalue weighted by Gasteiger charge is -2.31. The molecule has 0 aliphatic heterocycles. The molecule has 2 amide bonds. The van der Waals surface area contributed by atoms with Gasteiger partial charge in [-0.1, -0.05) is 69.3 Å². The van der Waals surface area contributed by atoms with Gasteiger partial charge in [-0.15, -0.1) is 0 Å². The van der Waals surface area contributed by atoms with Crippen molar-refractivity contribution < 1.29 is 24.2 Å². The van der Waals surface area contributed by atoms with Gasteiger partial charge in [0, 0.05) is 5.92 Å². The SMILES string of the molecule is CC(C)(C)[C@@H](NC(=O)OCC1c2ccccc2-c2ccccc21)C(=O)NC1(C(=O)O)CC1. The van der Waals surface area contributed by atoms with Gasteiger partial charge < -0.3 is 20.5 Å². The molecule has 0 heterocycles. The predicted molar refractivity (Wildman–Crippen MR) is 119 cm³/mol. The van der Waals surface area contributed by atoms with Crippen LogP contribution in [-0.2, 0) is 14.3 Å². The average molecular weight is 437 g/mol. The molecule has 1 atom stereocenters. The number of rotatable bonds is 6. The monoisotopic (exact) mass is 436 g/mol. The molecule has 0 spiro atoms. The second-order valence-electron chi connectivity index (χ2n) is 9.65. The normalized spacial score (nSPS) is 17.0. The van der Waals surface area contributed by atoms with Crippen molar-refractivity contribution >= 4 is 18.0 Å². The highest BCUT2D eigenvalue weighted by Gasteiger charge is 2.53. The Hall–Kier alpha value is -3.35. The Morgan fingerprint density at radius 2 is 1.56 bits per heavy atom. The number of amides is 2. The molecular formula is C25H28N2O5. The molecule has 2 aromatic rings. The van der Waals surface area contributed by atoms with Gasteiger partial charge in [0.25, 0.3) is 0 Å². The third-order valence-corrected chi connectivity index (χ3v) is 6.26. The molecule has 0 aromatic heterocycles. The molecule has 168 valence electrons. The summed E-state index contributed by atoms with van der Waals surface area (Å²) in [5.41, 5.74) is 2.61. The van der Waals surface area contributed by atoms with Crippen molar-refractivity contribution in [2.24, 2.45) is 5.41 Å². The summed E-state index contributed by atoms with van der Waals surface area (Å²) in [5.74, 6) is -1.66. The molecule has 2 aliphatic carbocycles. The fourth-order valence-corrected chi connectivity index (χ4v) is 4.26. The Labute approximate surface area is 187 Å². The maximum absolute atomic E-state index is 12.8. The van der Waals surface area contributed by atoms with E-state index >= 15 is 0 Å². The van der Waals surface area contributed by atoms with Crippen LogP contribution in [0.1, 0.15) is 50.7 Å². The summed E-state index contributed by atoms with van der Waals surface area (Å²) in [6.07, 6.45) is 0.0632. The summed E-state index contributed by atoms with van der Waals surface area (Å²) >= 11 is 0. The van der Waals surface area contributed by atoms with Gasteiger partial charge >= 0.3 is 12.1 Å². The fourth-order valence-electron chi connectivity index (χ4n) is 4.26. The second kappa shape index (κ2) is 7.97. The Balaban J connectivity index is 1.44. The number of alkyl carbamates (subject to hydrolysis) is 1. The van der Waals surface area contributed by atoms with Crippen LogP contribution in [0.3, 0.4) is 0 Å². The first-order valence-corrected chi connectivity index (χ1v) is 10.8. The molecule has 4 rings (SSSR count). The molecule has 0 radical (unpaired) electrons. The molecule has 1 saturated carbocycles. The van der Waals surface area contributed by atoms with Crippen LogP contribution in [-0.4, -0.2) is 41.3 Å². The van der Waals surface area contributed by atoms with Crippen molar-refractivity contribution in [3.63, 3.8) is 0 Å². The van der Waals surface area contributed by atoms with Gasteiger partial charge in [0.1, 0.15) is 18.2 Å². The zero-order valence-electron chi connectivity index (χ0n) is 18.5. The predicted octanol–water partition coefficient (Wildman–Crippen LogP) is 3.67. The van der Waals surface area contributed by atoms with Crippen LogP contribution in [0.15, 0.2) is 48.5 Å². The first kappa shape index (κ1) is 21.9. The number of carbonyl (C=O) groups excluding carboxylic acids is 2. The maximum atomic E-state index is 12.8. The Bertz CT molecular complexity index is 1020. The first-order valence-electron chi connectivity index (χ1n) is 10.8. The fraction of sp³-hybridized carbons (Fsp3) is 0.400. The van der Waals surface area contributed by atoms with Gasteiger partial charge in [-0.2, -0.15) is 0 Å². The molecule has 0 saturated heterocycles. The third kappa shape index (κ3) is 4.07. The smallest absolute Gasteiger partial charge is 0.407 e. The van der Waals surface area contributed by atoms with Crippen LogP contribution in [0, 0.1) is 5.41 Å². The van der Waals surface area contributed by atoms with Crippen molar-refractivity contribution in [1.29, 1.82) is 0 Å². The summed E-state index contributed by atoms with van der Waals surface area (Å²) in [6, 6.07) is 15.2. The number of carbonyl (C=O) groups is 3. The maximum Gasteiger partial charge on any atom is 0.407 e. The van der Waals surface area contributed by atoms with E-state index < -0.39 is 35.0 Å². The molecule has 3 N–H and O–H groups in total. The number of hydrogen-bond donors (Lipinski definition) is 3. The summed E-state index contributed by atoms with van der Waals surface area (Å²) < 4.78 is 5.56. The van der Waals surface area contributed by atoms with E-state index in [-0.39, 0.29) is 12.5 Å². The molecule has 7 nitrogen and oxygen atoms in total. The first-order chi connectivity index (χ1) is 15.1. The van der Waals surface area contributed by atoms with Gasteiger partial charge in [-0.05, 0) is 40.5 Å². The van der Waals surface area contributed by atoms with Crippen LogP contribution in [0.5, 0.6) is 0 Å². The number of benzene rings is 2. The molecular weight excluding hydrogens is 408 g/mol. The average Bonchev–Trinajstić information content (AvgIpc) is 3.46. The minimum absolute atomic E-state index is 0.0863. The standard InChI is InChI=1S/C25H28N2O5/c1-24(2,3)20(21(28)27-25(12-13-25)22(29)30)26-23(31)32-14-19-17-10-6-4-8-15(17)16-9-5-7-11-18(16)19/h4-11,19-20H,12-14H2,1-3H3,(H,26,31)(H,27,28)(H,29,30)/t20-/m0/s1. The molecule has 0 bridgehead atoms. The van der Waals surface area contributed by atoms with Gasteiger partial charge in [-0.3, -0.25) is 4.79 Å². The van der Waals surface area contributed by atoms with Crippen molar-refractivity contribution in [1.82, 2.24) is 10.6 Å². The summed E-state index contributed by atoms with van der Waals surface area (Å²) in [7, 11) is 0. The van der Waals surface area contributed by atoms with Gasteiger partial charge in [0.15, 0.2) is 0 Å². The molecule has 1 fully saturated rings. The van der Waals surface area contributed by atoms with Crippen molar-refractivity contribution in [3.05, 3.63) is 59.7 Å². The lowest BCUT2D eigenvalue weighted by atomic mass is 9.86. The molecule has 7 heteroatoms. The van der Waals surface area contributed by atoms with Crippen LogP contribution in [0.25, 0.3) is 11.1 Å². The van der Waals surface area contributed by atoms with Gasteiger partial charge in [0.2, 0.25) is 5.91 Å². The number of ether oxygens (including phenoxy) is 1. The molecule has 0 unspecified atom stereocenters. The Morgan fingerprint density at radius 1 is 1.03 bits per heavy atom. The second-order valence-corrected chi connectivity index (χ2v) is 9.65.